The van der Waals surface area contributed by atoms with Crippen LogP contribution in [0.5, 0.6) is 0 Å². The molecule has 0 saturated carbocycles. The van der Waals surface area contributed by atoms with Gasteiger partial charge in [0.2, 0.25) is 6.10 Å². The van der Waals surface area contributed by atoms with Crippen molar-refractivity contribution in [2.45, 2.75) is 23.8 Å². The van der Waals surface area contributed by atoms with Gasteiger partial charge in [-0.1, -0.05) is 0 Å². The summed E-state index contributed by atoms with van der Waals surface area (Å²) in [5, 5.41) is 69.8. The lowest BCUT2D eigenvalue weighted by molar-refractivity contribution is -0.405. The summed E-state index contributed by atoms with van der Waals surface area (Å²) in [5.74, 6) is -9.90. The first kappa shape index (κ1) is 14.2. The van der Waals surface area contributed by atoms with E-state index in [0.29, 0.717) is 0 Å². The Labute approximate surface area is 83.1 Å². The van der Waals surface area contributed by atoms with Crippen LogP contribution in [0.1, 0.15) is 0 Å². The first-order valence-corrected chi connectivity index (χ1v) is 3.68. The normalized spacial score (nSPS) is 17.3. The molecule has 9 heteroatoms. The summed E-state index contributed by atoms with van der Waals surface area (Å²) < 4.78 is 0. The molecule has 0 aliphatic heterocycles. The van der Waals surface area contributed by atoms with E-state index in [-0.39, 0.29) is 0 Å². The lowest BCUT2D eigenvalue weighted by Gasteiger charge is -2.38. The van der Waals surface area contributed by atoms with Gasteiger partial charge in [0.1, 0.15) is 6.10 Å². The van der Waals surface area contributed by atoms with Crippen LogP contribution in [0.2, 0.25) is 0 Å². The highest BCUT2D eigenvalue weighted by atomic mass is 16.6. The lowest BCUT2D eigenvalue weighted by Crippen LogP contribution is -2.69. The highest BCUT2D eigenvalue weighted by Gasteiger charge is 2.59. The van der Waals surface area contributed by atoms with E-state index in [1.165, 1.54) is 0 Å². The molecule has 0 rings (SSSR count). The van der Waals surface area contributed by atoms with E-state index in [2.05, 4.69) is 0 Å². The third-order valence-corrected chi connectivity index (χ3v) is 1.79. The summed E-state index contributed by atoms with van der Waals surface area (Å²) in [6, 6.07) is 0. The van der Waals surface area contributed by atoms with Gasteiger partial charge in [-0.05, 0) is 0 Å². The quantitative estimate of drug-likeness (QED) is 0.214. The molecule has 0 aromatic rings. The predicted octanol–water partition coefficient (Wildman–Crippen LogP) is -4.85. The van der Waals surface area contributed by atoms with E-state index >= 15 is 0 Å². The molecule has 0 aliphatic carbocycles. The first-order valence-electron chi connectivity index (χ1n) is 3.68. The molecule has 2 atom stereocenters. The van der Waals surface area contributed by atoms with Gasteiger partial charge in [-0.15, -0.1) is 0 Å². The first-order chi connectivity index (χ1) is 6.59. The predicted molar refractivity (Wildman–Crippen MR) is 41.1 cm³/mol. The maximum absolute atomic E-state index is 10.2. The summed E-state index contributed by atoms with van der Waals surface area (Å²) in [7, 11) is 0. The van der Waals surface area contributed by atoms with Gasteiger partial charge in [-0.3, -0.25) is 0 Å². The van der Waals surface area contributed by atoms with Gasteiger partial charge in [0, 0.05) is 0 Å². The van der Waals surface area contributed by atoms with E-state index in [1.54, 1.807) is 0 Å². The number of aliphatic hydroxyl groups is 7. The Morgan fingerprint density at radius 1 is 1.07 bits per heavy atom. The molecule has 15 heavy (non-hydrogen) atoms. The number of hydrogen-bond donors (Lipinski definition) is 8. The van der Waals surface area contributed by atoms with Crippen molar-refractivity contribution in [3.63, 3.8) is 0 Å². The minimum atomic E-state index is -3.94. The van der Waals surface area contributed by atoms with Gasteiger partial charge in [-0.2, -0.15) is 0 Å². The van der Waals surface area contributed by atoms with E-state index in [0.717, 1.165) is 0 Å². The van der Waals surface area contributed by atoms with Crippen molar-refractivity contribution in [1.29, 1.82) is 0 Å². The SMILES string of the molecule is O=C(O)[C@H](O)C(O)(O)C(O)(O)[C@H](O)CO. The van der Waals surface area contributed by atoms with Gasteiger partial charge in [0.15, 0.2) is 0 Å². The van der Waals surface area contributed by atoms with Crippen molar-refractivity contribution in [3.8, 4) is 0 Å². The monoisotopic (exact) mass is 228 g/mol. The van der Waals surface area contributed by atoms with E-state index in [9.17, 15) is 4.79 Å². The fourth-order valence-corrected chi connectivity index (χ4v) is 0.746. The van der Waals surface area contributed by atoms with Crippen molar-refractivity contribution in [2.75, 3.05) is 6.61 Å². The molecule has 0 radical (unpaired) electrons. The summed E-state index contributed by atoms with van der Waals surface area (Å²) in [4.78, 5) is 10.2. The third kappa shape index (κ3) is 2.41. The van der Waals surface area contributed by atoms with Crippen LogP contribution < -0.4 is 0 Å². The Morgan fingerprint density at radius 3 is 1.73 bits per heavy atom. The van der Waals surface area contributed by atoms with Crippen LogP contribution in [0.15, 0.2) is 0 Å². The summed E-state index contributed by atoms with van der Waals surface area (Å²) in [6.07, 6.45) is -5.45. The number of aliphatic carboxylic acids is 1. The van der Waals surface area contributed by atoms with Crippen molar-refractivity contribution in [3.05, 3.63) is 0 Å². The highest BCUT2D eigenvalue weighted by molar-refractivity contribution is 5.73. The molecular weight excluding hydrogens is 216 g/mol. The Bertz CT molecular complexity index is 235. The molecule has 9 nitrogen and oxygen atoms in total. The Morgan fingerprint density at radius 2 is 1.47 bits per heavy atom. The van der Waals surface area contributed by atoms with Crippen LogP contribution >= 0.6 is 0 Å². The van der Waals surface area contributed by atoms with Gasteiger partial charge >= 0.3 is 5.97 Å². The van der Waals surface area contributed by atoms with Crippen molar-refractivity contribution < 1.29 is 45.6 Å². The molecule has 0 spiro atoms. The van der Waals surface area contributed by atoms with Crippen LogP contribution in [0, 0.1) is 0 Å². The molecule has 0 amide bonds. The van der Waals surface area contributed by atoms with Crippen LogP contribution in [0.25, 0.3) is 0 Å². The largest absolute Gasteiger partial charge is 0.479 e. The molecule has 0 fully saturated rings. The summed E-state index contributed by atoms with van der Waals surface area (Å²) in [6.45, 7) is -1.29. The fraction of sp³-hybridized carbons (Fsp3) is 0.833. The summed E-state index contributed by atoms with van der Waals surface area (Å²) >= 11 is 0. The minimum absolute atomic E-state index is 1.29. The van der Waals surface area contributed by atoms with Gasteiger partial charge in [-0.25, -0.2) is 4.79 Å². The van der Waals surface area contributed by atoms with E-state index < -0.39 is 36.4 Å². The zero-order valence-electron chi connectivity index (χ0n) is 7.35. The lowest BCUT2D eigenvalue weighted by atomic mass is 9.95. The number of carbonyl (C=O) groups is 1. The van der Waals surface area contributed by atoms with Crippen molar-refractivity contribution >= 4 is 5.97 Å². The molecule has 0 saturated heterocycles. The second-order valence-electron chi connectivity index (χ2n) is 2.89. The van der Waals surface area contributed by atoms with E-state index in [4.69, 9.17) is 40.9 Å². The maximum Gasteiger partial charge on any atom is 0.338 e. The average Bonchev–Trinajstić information content (AvgIpc) is 2.14. The molecule has 0 unspecified atom stereocenters. The molecule has 0 aromatic carbocycles. The molecule has 0 aliphatic rings. The molecule has 0 bridgehead atoms. The second-order valence-corrected chi connectivity index (χ2v) is 2.89. The molecule has 8 N–H and O–H groups in total. The average molecular weight is 228 g/mol. The standard InChI is InChI=1S/C6H12O9/c7-1-2(8)5(12,13)6(14,15)3(9)4(10)11/h2-3,7-9,12-15H,1H2,(H,10,11)/t2-,3+/m1/s1. The number of hydrogen-bond acceptors (Lipinski definition) is 8. The Hall–Kier alpha value is -0.810. The Kier molecular flexibility index (Phi) is 4.13. The summed E-state index contributed by atoms with van der Waals surface area (Å²) in [5.41, 5.74) is 0. The number of carboxylic acids is 1. The highest BCUT2D eigenvalue weighted by Crippen LogP contribution is 2.24. The zero-order valence-corrected chi connectivity index (χ0v) is 7.35. The molecule has 0 aromatic heterocycles. The molecule has 0 heterocycles. The smallest absolute Gasteiger partial charge is 0.338 e. The topological polar surface area (TPSA) is 179 Å². The minimum Gasteiger partial charge on any atom is -0.479 e. The van der Waals surface area contributed by atoms with Crippen LogP contribution in [-0.2, 0) is 4.79 Å². The van der Waals surface area contributed by atoms with E-state index in [1.807, 2.05) is 0 Å². The number of aliphatic hydroxyl groups excluding tert-OH is 3. The van der Waals surface area contributed by atoms with Crippen molar-refractivity contribution in [2.24, 2.45) is 0 Å². The van der Waals surface area contributed by atoms with Gasteiger partial charge in [0.25, 0.3) is 11.6 Å². The number of carboxylic acid groups (broad SMARTS) is 1. The molecule has 90 valence electrons. The van der Waals surface area contributed by atoms with Crippen LogP contribution in [-0.4, -0.2) is 77.2 Å². The van der Waals surface area contributed by atoms with Crippen molar-refractivity contribution in [1.82, 2.24) is 0 Å². The second kappa shape index (κ2) is 4.37. The van der Waals surface area contributed by atoms with Gasteiger partial charge < -0.3 is 40.9 Å². The maximum atomic E-state index is 10.2. The zero-order chi connectivity index (χ0) is 12.4. The van der Waals surface area contributed by atoms with Crippen LogP contribution in [0.3, 0.4) is 0 Å². The van der Waals surface area contributed by atoms with Gasteiger partial charge in [0.05, 0.1) is 6.61 Å². The Balaban J connectivity index is 5.08. The fourth-order valence-electron chi connectivity index (χ4n) is 0.746. The third-order valence-electron chi connectivity index (χ3n) is 1.79. The van der Waals surface area contributed by atoms with Crippen LogP contribution in [0.4, 0.5) is 0 Å². The number of rotatable bonds is 5. The molecular formula is C6H12O9.